The summed E-state index contributed by atoms with van der Waals surface area (Å²) in [6, 6.07) is 29.7. The molecule has 0 saturated carbocycles. The minimum atomic E-state index is -3.51. The van der Waals surface area contributed by atoms with Crippen molar-refractivity contribution in [2.75, 3.05) is 19.3 Å². The normalized spacial score (nSPS) is 13.9. The molecule has 1 fully saturated rings. The number of carboxylic acids is 1. The Balaban J connectivity index is 1.24. The fourth-order valence-electron chi connectivity index (χ4n) is 6.48. The van der Waals surface area contributed by atoms with Crippen LogP contribution in [0.5, 0.6) is 0 Å². The number of carboxylic acid groups (broad SMARTS) is 1. The van der Waals surface area contributed by atoms with Gasteiger partial charge >= 0.3 is 5.97 Å². The SMILES string of the molecule is CS(=O)(=O)c1ncc(C#CCCCCN([C@@H](CCCCNC(c2ccccc2)(c2ccccc2)c2ccccc2)C(=O)O)N2C(=O)CCC2=O)cn1. The first-order chi connectivity index (χ1) is 25.1. The quantitative estimate of drug-likeness (QED) is 0.0503. The van der Waals surface area contributed by atoms with Crippen LogP contribution in [0.4, 0.5) is 0 Å². The number of nitrogens with zero attached hydrogens (tertiary/aromatic N) is 4. The maximum Gasteiger partial charge on any atom is 0.322 e. The van der Waals surface area contributed by atoms with Crippen LogP contribution in [0, 0.1) is 11.8 Å². The number of carbonyl (C=O) groups is 3. The minimum absolute atomic E-state index is 0.0534. The molecule has 2 amide bonds. The topological polar surface area (TPSA) is 150 Å². The molecular formula is C40H43N5O6S. The summed E-state index contributed by atoms with van der Waals surface area (Å²) in [5.41, 5.74) is 3.06. The van der Waals surface area contributed by atoms with E-state index in [0.717, 1.165) is 28.0 Å². The number of aliphatic carboxylic acids is 1. The van der Waals surface area contributed by atoms with E-state index < -0.39 is 39.2 Å². The third kappa shape index (κ3) is 9.36. The Morgan fingerprint density at radius 1 is 0.846 bits per heavy atom. The fraction of sp³-hybridized carbons (Fsp3) is 0.325. The summed E-state index contributed by atoms with van der Waals surface area (Å²) in [6.45, 7) is 0.771. The van der Waals surface area contributed by atoms with Crippen molar-refractivity contribution in [1.82, 2.24) is 25.3 Å². The molecule has 2 N–H and O–H groups in total. The molecule has 11 nitrogen and oxygen atoms in total. The number of hydrogen-bond donors (Lipinski definition) is 2. The molecule has 0 aliphatic carbocycles. The Bertz CT molecular complexity index is 1870. The van der Waals surface area contributed by atoms with Crippen LogP contribution in [0.15, 0.2) is 109 Å². The third-order valence-corrected chi connectivity index (χ3v) is 9.85. The lowest BCUT2D eigenvalue weighted by atomic mass is 9.77. The summed E-state index contributed by atoms with van der Waals surface area (Å²) in [7, 11) is -3.51. The van der Waals surface area contributed by atoms with Gasteiger partial charge in [0, 0.05) is 44.5 Å². The highest BCUT2D eigenvalue weighted by molar-refractivity contribution is 7.90. The van der Waals surface area contributed by atoms with Gasteiger partial charge in [0.25, 0.3) is 0 Å². The van der Waals surface area contributed by atoms with Crippen molar-refractivity contribution in [3.8, 4) is 11.8 Å². The summed E-state index contributed by atoms with van der Waals surface area (Å²) < 4.78 is 23.2. The second kappa shape index (κ2) is 17.8. The minimum Gasteiger partial charge on any atom is -0.480 e. The van der Waals surface area contributed by atoms with Gasteiger partial charge in [-0.05, 0) is 55.3 Å². The van der Waals surface area contributed by atoms with E-state index >= 15 is 0 Å². The van der Waals surface area contributed by atoms with Crippen LogP contribution >= 0.6 is 0 Å². The zero-order chi connectivity index (χ0) is 37.0. The van der Waals surface area contributed by atoms with Gasteiger partial charge in [-0.2, -0.15) is 5.01 Å². The average molecular weight is 722 g/mol. The maximum atomic E-state index is 12.8. The Hall–Kier alpha value is -5.22. The Morgan fingerprint density at radius 3 is 1.85 bits per heavy atom. The lowest BCUT2D eigenvalue weighted by Crippen LogP contribution is -2.54. The van der Waals surface area contributed by atoms with Gasteiger partial charge in [-0.25, -0.2) is 23.4 Å². The van der Waals surface area contributed by atoms with Crippen LogP contribution in [0.1, 0.15) is 73.6 Å². The number of nitrogens with one attached hydrogen (secondary N) is 1. The van der Waals surface area contributed by atoms with Gasteiger partial charge in [-0.1, -0.05) is 103 Å². The Morgan fingerprint density at radius 2 is 1.37 bits per heavy atom. The van der Waals surface area contributed by atoms with Gasteiger partial charge in [0.2, 0.25) is 26.8 Å². The molecule has 5 rings (SSSR count). The number of unbranched alkanes of at least 4 members (excludes halogenated alkanes) is 3. The zero-order valence-electron chi connectivity index (χ0n) is 29.1. The largest absolute Gasteiger partial charge is 0.480 e. The number of aromatic nitrogens is 2. The van der Waals surface area contributed by atoms with Gasteiger partial charge < -0.3 is 5.11 Å². The van der Waals surface area contributed by atoms with E-state index in [4.69, 9.17) is 0 Å². The highest BCUT2D eigenvalue weighted by atomic mass is 32.2. The molecule has 12 heteroatoms. The predicted molar refractivity (Wildman–Crippen MR) is 196 cm³/mol. The average Bonchev–Trinajstić information content (AvgIpc) is 3.49. The fourth-order valence-corrected chi connectivity index (χ4v) is 6.97. The zero-order valence-corrected chi connectivity index (χ0v) is 30.0. The number of amides is 2. The monoisotopic (exact) mass is 721 g/mol. The first-order valence-electron chi connectivity index (χ1n) is 17.4. The second-order valence-corrected chi connectivity index (χ2v) is 14.6. The van der Waals surface area contributed by atoms with E-state index in [1.54, 1.807) is 0 Å². The van der Waals surface area contributed by atoms with E-state index in [9.17, 15) is 27.9 Å². The van der Waals surface area contributed by atoms with Crippen molar-refractivity contribution >= 4 is 27.6 Å². The molecule has 0 spiro atoms. The number of hydrogen-bond acceptors (Lipinski definition) is 9. The van der Waals surface area contributed by atoms with E-state index in [2.05, 4.69) is 63.5 Å². The van der Waals surface area contributed by atoms with Crippen molar-refractivity contribution in [2.45, 2.75) is 68.1 Å². The Labute approximate surface area is 305 Å². The number of hydrazine groups is 1. The van der Waals surface area contributed by atoms with E-state index in [1.807, 2.05) is 54.6 Å². The van der Waals surface area contributed by atoms with Crippen molar-refractivity contribution in [3.63, 3.8) is 0 Å². The van der Waals surface area contributed by atoms with Crippen molar-refractivity contribution < 1.29 is 27.9 Å². The number of rotatable bonds is 17. The van der Waals surface area contributed by atoms with Gasteiger partial charge in [0.1, 0.15) is 6.04 Å². The van der Waals surface area contributed by atoms with E-state index in [0.29, 0.717) is 44.2 Å². The van der Waals surface area contributed by atoms with Gasteiger partial charge in [0.05, 0.1) is 11.1 Å². The maximum absolute atomic E-state index is 12.8. The summed E-state index contributed by atoms with van der Waals surface area (Å²) >= 11 is 0. The third-order valence-electron chi connectivity index (χ3n) is 8.97. The molecule has 1 aliphatic rings. The van der Waals surface area contributed by atoms with Gasteiger partial charge in [0.15, 0.2) is 0 Å². The van der Waals surface area contributed by atoms with Crippen molar-refractivity contribution in [3.05, 3.63) is 126 Å². The van der Waals surface area contributed by atoms with Crippen LogP contribution < -0.4 is 5.32 Å². The smallest absolute Gasteiger partial charge is 0.322 e. The molecule has 1 atom stereocenters. The number of sulfone groups is 1. The van der Waals surface area contributed by atoms with Crippen molar-refractivity contribution in [1.29, 1.82) is 0 Å². The van der Waals surface area contributed by atoms with Crippen molar-refractivity contribution in [2.24, 2.45) is 0 Å². The molecular weight excluding hydrogens is 679 g/mol. The standard InChI is InChI=1S/C40H43N5O6S/c1-52(50,51)39-41-29-31(30-42-39)17-7-2-3-16-28-44(45-36(46)25-26-37(45)47)35(38(48)49)24-14-15-27-43-40(32-18-8-4-9-19-32,33-20-10-5-11-21-33)34-22-12-6-13-23-34/h4-6,8-13,18-23,29-30,35,43H,2-3,14-16,24-28H2,1H3,(H,48,49)/t35-/m0/s1. The summed E-state index contributed by atoms with van der Waals surface area (Å²) in [6.07, 6.45) is 6.80. The highest BCUT2D eigenvalue weighted by Gasteiger charge is 2.40. The van der Waals surface area contributed by atoms with E-state index in [1.165, 1.54) is 17.4 Å². The highest BCUT2D eigenvalue weighted by Crippen LogP contribution is 2.36. The molecule has 3 aromatic carbocycles. The van der Waals surface area contributed by atoms with Crippen LogP contribution in [0.2, 0.25) is 0 Å². The number of carbonyl (C=O) groups excluding carboxylic acids is 2. The lowest BCUT2D eigenvalue weighted by Gasteiger charge is -2.37. The van der Waals surface area contributed by atoms with Gasteiger partial charge in [-0.3, -0.25) is 19.7 Å². The molecule has 52 heavy (non-hydrogen) atoms. The summed E-state index contributed by atoms with van der Waals surface area (Å²) in [4.78, 5) is 46.0. The summed E-state index contributed by atoms with van der Waals surface area (Å²) in [5, 5.41) is 16.4. The second-order valence-electron chi connectivity index (χ2n) is 12.7. The molecule has 1 saturated heterocycles. The molecule has 4 aromatic rings. The molecule has 1 aromatic heterocycles. The van der Waals surface area contributed by atoms with Crippen LogP contribution in [-0.2, 0) is 29.8 Å². The van der Waals surface area contributed by atoms with E-state index in [-0.39, 0.29) is 31.0 Å². The molecule has 0 unspecified atom stereocenters. The predicted octanol–water partition coefficient (Wildman–Crippen LogP) is 4.97. The lowest BCUT2D eigenvalue weighted by molar-refractivity contribution is -0.169. The van der Waals surface area contributed by atoms with Crippen LogP contribution in [-0.4, -0.2) is 76.7 Å². The molecule has 2 heterocycles. The molecule has 0 bridgehead atoms. The molecule has 0 radical (unpaired) electrons. The van der Waals surface area contributed by atoms with Crippen LogP contribution in [0.3, 0.4) is 0 Å². The van der Waals surface area contributed by atoms with Gasteiger partial charge in [-0.15, -0.1) is 0 Å². The van der Waals surface area contributed by atoms with Crippen LogP contribution in [0.25, 0.3) is 0 Å². The molecule has 270 valence electrons. The number of benzene rings is 3. The number of imide groups is 1. The molecule has 1 aliphatic heterocycles. The summed E-state index contributed by atoms with van der Waals surface area (Å²) in [5.74, 6) is 4.02. The Kier molecular flexibility index (Phi) is 13.0. The first kappa shape index (κ1) is 38.0. The first-order valence-corrected chi connectivity index (χ1v) is 19.3.